The predicted octanol–water partition coefficient (Wildman–Crippen LogP) is 3.06. The lowest BCUT2D eigenvalue weighted by molar-refractivity contribution is -0.0624. The van der Waals surface area contributed by atoms with Crippen molar-refractivity contribution in [2.45, 2.75) is 70.7 Å². The van der Waals surface area contributed by atoms with Crippen molar-refractivity contribution in [3.8, 4) is 6.07 Å². The van der Waals surface area contributed by atoms with Crippen molar-refractivity contribution in [2.24, 2.45) is 0 Å². The highest BCUT2D eigenvalue weighted by molar-refractivity contribution is 7.44. The van der Waals surface area contributed by atoms with Crippen LogP contribution in [0.5, 0.6) is 0 Å². The van der Waals surface area contributed by atoms with Gasteiger partial charge in [-0.25, -0.2) is 9.46 Å². The van der Waals surface area contributed by atoms with E-state index in [0.717, 1.165) is 0 Å². The van der Waals surface area contributed by atoms with Crippen molar-refractivity contribution in [3.63, 3.8) is 0 Å². The Morgan fingerprint density at radius 2 is 1.92 bits per heavy atom. The van der Waals surface area contributed by atoms with E-state index in [1.54, 1.807) is 30.3 Å². The molecule has 212 valence electrons. The summed E-state index contributed by atoms with van der Waals surface area (Å²) in [6, 6.07) is 12.3. The molecule has 1 unspecified atom stereocenters. The zero-order valence-corrected chi connectivity index (χ0v) is 23.7. The number of amides is 1. The van der Waals surface area contributed by atoms with Crippen LogP contribution >= 0.6 is 8.53 Å². The number of nitrogens with one attached hydrogen (secondary N) is 1. The van der Waals surface area contributed by atoms with E-state index in [-0.39, 0.29) is 37.5 Å². The van der Waals surface area contributed by atoms with Crippen LogP contribution in [0.3, 0.4) is 0 Å². The maximum absolute atomic E-state index is 13.0. The van der Waals surface area contributed by atoms with Crippen molar-refractivity contribution in [3.05, 3.63) is 58.6 Å². The van der Waals surface area contributed by atoms with E-state index in [1.807, 2.05) is 27.7 Å². The summed E-state index contributed by atoms with van der Waals surface area (Å²) in [7, 11) is -0.199. The van der Waals surface area contributed by atoms with Crippen LogP contribution in [0, 0.1) is 11.3 Å². The minimum absolute atomic E-state index is 0.0651. The highest BCUT2D eigenvalue weighted by Gasteiger charge is 2.49. The van der Waals surface area contributed by atoms with Crippen molar-refractivity contribution in [1.29, 1.82) is 5.26 Å². The van der Waals surface area contributed by atoms with Crippen LogP contribution in [0.25, 0.3) is 0 Å². The first-order valence-electron chi connectivity index (χ1n) is 12.7. The lowest BCUT2D eigenvalue weighted by Gasteiger charge is -2.38. The van der Waals surface area contributed by atoms with Crippen LogP contribution in [0.1, 0.15) is 50.7 Å². The van der Waals surface area contributed by atoms with Gasteiger partial charge in [0.15, 0.2) is 6.23 Å². The highest BCUT2D eigenvalue weighted by atomic mass is 31.2. The Bertz CT molecular complexity index is 1170. The van der Waals surface area contributed by atoms with Gasteiger partial charge in [-0.1, -0.05) is 18.2 Å². The second-order valence-electron chi connectivity index (χ2n) is 9.39. The summed E-state index contributed by atoms with van der Waals surface area (Å²) in [6.45, 7) is 7.85. The first kappa shape index (κ1) is 30.8. The molecule has 0 spiro atoms. The summed E-state index contributed by atoms with van der Waals surface area (Å²) < 4.78 is 27.5. The van der Waals surface area contributed by atoms with E-state index >= 15 is 0 Å². The van der Waals surface area contributed by atoms with Gasteiger partial charge in [0.25, 0.3) is 14.4 Å². The number of carbonyl (C=O) groups excluding carboxylic acids is 1. The van der Waals surface area contributed by atoms with Gasteiger partial charge in [-0.15, -0.1) is 0 Å². The quantitative estimate of drug-likeness (QED) is 0.276. The molecule has 1 aliphatic rings. The molecule has 1 fully saturated rings. The van der Waals surface area contributed by atoms with E-state index in [4.69, 9.17) is 23.8 Å². The van der Waals surface area contributed by atoms with Crippen molar-refractivity contribution < 1.29 is 28.4 Å². The number of rotatable bonds is 13. The number of nitrogens with zero attached hydrogens (tertiary/aromatic N) is 4. The third-order valence-corrected chi connectivity index (χ3v) is 8.12. The maximum Gasteiger partial charge on any atom is 0.351 e. The van der Waals surface area contributed by atoms with Crippen LogP contribution in [0.15, 0.2) is 47.4 Å². The Kier molecular flexibility index (Phi) is 11.5. The molecule has 13 heteroatoms. The number of aliphatic hydroxyl groups is 1. The fourth-order valence-electron chi connectivity index (χ4n) is 4.31. The molecule has 12 nitrogen and oxygen atoms in total. The monoisotopic (exact) mass is 561 g/mol. The normalized spacial score (nSPS) is 21.8. The second-order valence-corrected chi connectivity index (χ2v) is 10.8. The molecule has 39 heavy (non-hydrogen) atoms. The number of aromatic nitrogens is 2. The Balaban J connectivity index is 1.84. The third kappa shape index (κ3) is 7.68. The number of anilines is 1. The number of methoxy groups -OCH3 is 1. The largest absolute Gasteiger partial charge is 0.394 e. The minimum Gasteiger partial charge on any atom is -0.394 e. The number of nitriles is 1. The third-order valence-electron chi connectivity index (χ3n) is 5.99. The van der Waals surface area contributed by atoms with Crippen LogP contribution in [-0.4, -0.2) is 76.0 Å². The number of ether oxygens (including phenoxy) is 2. The molecule has 0 saturated carbocycles. The van der Waals surface area contributed by atoms with Gasteiger partial charge in [0, 0.05) is 31.0 Å². The minimum atomic E-state index is -1.66. The summed E-state index contributed by atoms with van der Waals surface area (Å²) in [6.07, 6.45) is -1.72. The van der Waals surface area contributed by atoms with E-state index < -0.39 is 44.7 Å². The van der Waals surface area contributed by atoms with Gasteiger partial charge >= 0.3 is 5.69 Å². The van der Waals surface area contributed by atoms with E-state index in [0.29, 0.717) is 5.56 Å². The van der Waals surface area contributed by atoms with Gasteiger partial charge in [0.1, 0.15) is 24.1 Å². The lowest BCUT2D eigenvalue weighted by atomic mass is 10.1. The van der Waals surface area contributed by atoms with Gasteiger partial charge in [-0.2, -0.15) is 10.2 Å². The topological polar surface area (TPSA) is 148 Å². The zero-order valence-electron chi connectivity index (χ0n) is 22.8. The maximum atomic E-state index is 13.0. The Labute approximate surface area is 229 Å². The molecule has 2 heterocycles. The number of hydrogen-bond acceptors (Lipinski definition) is 10. The average molecular weight is 562 g/mol. The SMILES string of the molecule is CO[C@@H]1[C@H](OP(OCCC#N)N(C(C)C)C(C)C)[C@@H](CO)O[C@H]1n1ccc(NC(=O)c2ccccc2)nc1=O. The van der Waals surface area contributed by atoms with Gasteiger partial charge in [-0.05, 0) is 45.9 Å². The Hall–Kier alpha value is -2.75. The van der Waals surface area contributed by atoms with Crippen LogP contribution in [0.4, 0.5) is 5.82 Å². The van der Waals surface area contributed by atoms with Crippen molar-refractivity contribution in [2.75, 3.05) is 25.6 Å². The molecule has 1 aromatic carbocycles. The van der Waals surface area contributed by atoms with Crippen molar-refractivity contribution >= 4 is 20.3 Å². The van der Waals surface area contributed by atoms with Gasteiger partial charge in [0.05, 0.1) is 25.7 Å². The van der Waals surface area contributed by atoms with Crippen LogP contribution < -0.4 is 11.0 Å². The van der Waals surface area contributed by atoms with Crippen molar-refractivity contribution in [1.82, 2.24) is 14.2 Å². The standard InChI is InChI=1S/C26H36N5O7P/c1-17(2)31(18(3)4)39(36-15-9-13-27)38-22-20(16-32)37-25(23(22)35-5)30-14-12-21(29-26(30)34)28-24(33)19-10-7-6-8-11-19/h6-8,10-12,14,17-18,20,22-23,25,32H,9,15-16H2,1-5H3,(H,28,29,33,34)/t20-,22-,23-,25-,39?/m1/s1. The number of hydrogen-bond donors (Lipinski definition) is 2. The predicted molar refractivity (Wildman–Crippen MR) is 145 cm³/mol. The molecular formula is C26H36N5O7P. The molecule has 2 aromatic rings. The Morgan fingerprint density at radius 3 is 2.49 bits per heavy atom. The summed E-state index contributed by atoms with van der Waals surface area (Å²) >= 11 is 0. The number of carbonyl (C=O) groups is 1. The molecule has 1 aliphatic heterocycles. The molecule has 2 N–H and O–H groups in total. The van der Waals surface area contributed by atoms with E-state index in [9.17, 15) is 14.7 Å². The molecule has 0 radical (unpaired) electrons. The smallest absolute Gasteiger partial charge is 0.351 e. The first-order chi connectivity index (χ1) is 18.7. The molecule has 0 bridgehead atoms. The second kappa shape index (κ2) is 14.6. The lowest BCUT2D eigenvalue weighted by Crippen LogP contribution is -2.41. The summed E-state index contributed by atoms with van der Waals surface area (Å²) in [5.74, 6) is -0.312. The summed E-state index contributed by atoms with van der Waals surface area (Å²) in [5.41, 5.74) is -0.248. The van der Waals surface area contributed by atoms with Gasteiger partial charge < -0.3 is 28.9 Å². The average Bonchev–Trinajstić information content (AvgIpc) is 3.25. The van der Waals surface area contributed by atoms with E-state index in [1.165, 1.54) is 23.9 Å². The fourth-order valence-corrected chi connectivity index (χ4v) is 6.08. The molecule has 3 rings (SSSR count). The molecule has 1 aromatic heterocycles. The molecule has 1 amide bonds. The highest BCUT2D eigenvalue weighted by Crippen LogP contribution is 2.50. The molecule has 1 saturated heterocycles. The zero-order chi connectivity index (χ0) is 28.5. The molecule has 5 atom stereocenters. The van der Waals surface area contributed by atoms with Gasteiger partial charge in [0.2, 0.25) is 0 Å². The summed E-state index contributed by atoms with van der Waals surface area (Å²) in [4.78, 5) is 29.4. The number of aliphatic hydroxyl groups excluding tert-OH is 1. The van der Waals surface area contributed by atoms with E-state index in [2.05, 4.69) is 21.0 Å². The fraction of sp³-hybridized carbons (Fsp3) is 0.538. The Morgan fingerprint density at radius 1 is 1.23 bits per heavy atom. The molecule has 0 aliphatic carbocycles. The first-order valence-corrected chi connectivity index (χ1v) is 13.8. The van der Waals surface area contributed by atoms with Crippen LogP contribution in [-0.2, 0) is 18.5 Å². The molecular weight excluding hydrogens is 525 g/mol. The van der Waals surface area contributed by atoms with Gasteiger partial charge in [-0.3, -0.25) is 9.36 Å². The summed E-state index contributed by atoms with van der Waals surface area (Å²) in [5, 5.41) is 21.7. The number of benzene rings is 1. The van der Waals surface area contributed by atoms with Crippen LogP contribution in [0.2, 0.25) is 0 Å².